The molecule has 1 heterocycles. The van der Waals surface area contributed by atoms with E-state index >= 15 is 0 Å². The Morgan fingerprint density at radius 2 is 1.92 bits per heavy atom. The zero-order chi connectivity index (χ0) is 18.7. The lowest BCUT2D eigenvalue weighted by atomic mass is 9.89. The van der Waals surface area contributed by atoms with Crippen LogP contribution < -0.4 is 0 Å². The van der Waals surface area contributed by atoms with Gasteiger partial charge in [-0.25, -0.2) is 0 Å². The SMILES string of the molecule is Cc1ccccc1C1C(C(=O)C(C)C)=C(O)C(=O)N1CCCN(C)C. The lowest BCUT2D eigenvalue weighted by molar-refractivity contribution is -0.129. The fourth-order valence-corrected chi connectivity index (χ4v) is 3.22. The Bertz CT molecular complexity index is 692. The highest BCUT2D eigenvalue weighted by Gasteiger charge is 2.43. The molecule has 0 saturated carbocycles. The minimum atomic E-state index is -0.509. The Labute approximate surface area is 149 Å². The van der Waals surface area contributed by atoms with Crippen molar-refractivity contribution in [1.82, 2.24) is 9.80 Å². The quantitative estimate of drug-likeness (QED) is 0.826. The third-order valence-electron chi connectivity index (χ3n) is 4.58. The molecule has 0 saturated heterocycles. The Morgan fingerprint density at radius 1 is 1.28 bits per heavy atom. The van der Waals surface area contributed by atoms with Gasteiger partial charge in [-0.2, -0.15) is 0 Å². The minimum absolute atomic E-state index is 0.172. The van der Waals surface area contributed by atoms with Crippen molar-refractivity contribution in [2.24, 2.45) is 5.92 Å². The largest absolute Gasteiger partial charge is 0.503 e. The molecule has 0 bridgehead atoms. The number of ketones is 1. The van der Waals surface area contributed by atoms with Gasteiger partial charge in [0, 0.05) is 12.5 Å². The van der Waals surface area contributed by atoms with Gasteiger partial charge in [-0.1, -0.05) is 38.1 Å². The van der Waals surface area contributed by atoms with Gasteiger partial charge in [-0.05, 0) is 45.1 Å². The van der Waals surface area contributed by atoms with E-state index in [2.05, 4.69) is 4.90 Å². The van der Waals surface area contributed by atoms with Crippen molar-refractivity contribution in [2.75, 3.05) is 27.2 Å². The fraction of sp³-hybridized carbons (Fsp3) is 0.500. The molecule has 25 heavy (non-hydrogen) atoms. The van der Waals surface area contributed by atoms with Crippen LogP contribution in [0.25, 0.3) is 0 Å². The van der Waals surface area contributed by atoms with Crippen molar-refractivity contribution in [2.45, 2.75) is 33.2 Å². The van der Waals surface area contributed by atoms with E-state index in [-0.39, 0.29) is 17.3 Å². The smallest absolute Gasteiger partial charge is 0.290 e. The standard InChI is InChI=1S/C20H28N2O3/c1-13(2)18(23)16-17(15-10-7-6-9-14(15)3)22(20(25)19(16)24)12-8-11-21(4)5/h6-7,9-10,13,17,24H,8,11-12H2,1-5H3. The van der Waals surface area contributed by atoms with E-state index in [0.29, 0.717) is 6.54 Å². The number of nitrogens with zero attached hydrogens (tertiary/aromatic N) is 2. The number of carbonyl (C=O) groups excluding carboxylic acids is 2. The van der Waals surface area contributed by atoms with Crippen LogP contribution in [0.15, 0.2) is 35.6 Å². The first-order valence-electron chi connectivity index (χ1n) is 8.74. The summed E-state index contributed by atoms with van der Waals surface area (Å²) < 4.78 is 0. The molecule has 1 amide bonds. The van der Waals surface area contributed by atoms with Gasteiger partial charge in [0.25, 0.3) is 5.91 Å². The van der Waals surface area contributed by atoms with Crippen molar-refractivity contribution in [1.29, 1.82) is 0 Å². The predicted octanol–water partition coefficient (Wildman–Crippen LogP) is 2.87. The molecule has 0 fully saturated rings. The second kappa shape index (κ2) is 7.83. The van der Waals surface area contributed by atoms with Crippen LogP contribution in [-0.2, 0) is 9.59 Å². The molecule has 1 atom stereocenters. The Balaban J connectivity index is 2.45. The molecule has 1 aliphatic rings. The van der Waals surface area contributed by atoms with Crippen LogP contribution in [-0.4, -0.2) is 53.8 Å². The summed E-state index contributed by atoms with van der Waals surface area (Å²) in [7, 11) is 3.96. The van der Waals surface area contributed by atoms with Gasteiger partial charge >= 0.3 is 0 Å². The second-order valence-corrected chi connectivity index (χ2v) is 7.20. The Kier molecular flexibility index (Phi) is 6.01. The molecule has 1 unspecified atom stereocenters. The van der Waals surface area contributed by atoms with E-state index in [0.717, 1.165) is 24.1 Å². The number of aliphatic hydroxyl groups is 1. The van der Waals surface area contributed by atoms with Crippen molar-refractivity contribution < 1.29 is 14.7 Å². The summed E-state index contributed by atoms with van der Waals surface area (Å²) in [5.41, 5.74) is 2.13. The van der Waals surface area contributed by atoms with E-state index in [1.54, 1.807) is 18.7 Å². The third-order valence-corrected chi connectivity index (χ3v) is 4.58. The van der Waals surface area contributed by atoms with E-state index in [1.165, 1.54) is 0 Å². The van der Waals surface area contributed by atoms with Crippen molar-refractivity contribution >= 4 is 11.7 Å². The molecule has 136 valence electrons. The maximum atomic E-state index is 12.7. The van der Waals surface area contributed by atoms with Gasteiger partial charge < -0.3 is 14.9 Å². The van der Waals surface area contributed by atoms with Gasteiger partial charge in [-0.3, -0.25) is 9.59 Å². The number of carbonyl (C=O) groups is 2. The number of aryl methyl sites for hydroxylation is 1. The summed E-state index contributed by atoms with van der Waals surface area (Å²) in [6.07, 6.45) is 0.775. The van der Waals surface area contributed by atoms with Crippen molar-refractivity contribution in [3.63, 3.8) is 0 Å². The first-order valence-corrected chi connectivity index (χ1v) is 8.74. The highest BCUT2D eigenvalue weighted by Crippen LogP contribution is 2.39. The molecule has 1 N–H and O–H groups in total. The van der Waals surface area contributed by atoms with Crippen molar-refractivity contribution in [3.05, 3.63) is 46.7 Å². The van der Waals surface area contributed by atoms with Gasteiger partial charge in [0.1, 0.15) is 0 Å². The molecular weight excluding hydrogens is 316 g/mol. The molecule has 1 aromatic carbocycles. The number of hydrogen-bond donors (Lipinski definition) is 1. The highest BCUT2D eigenvalue weighted by atomic mass is 16.3. The maximum absolute atomic E-state index is 12.7. The number of hydrogen-bond acceptors (Lipinski definition) is 4. The lowest BCUT2D eigenvalue weighted by Gasteiger charge is -2.28. The van der Waals surface area contributed by atoms with Crippen LogP contribution in [0.2, 0.25) is 0 Å². The van der Waals surface area contributed by atoms with Crippen LogP contribution >= 0.6 is 0 Å². The first kappa shape index (κ1) is 19.2. The number of rotatable bonds is 7. The zero-order valence-corrected chi connectivity index (χ0v) is 15.7. The molecule has 5 heteroatoms. The zero-order valence-electron chi connectivity index (χ0n) is 15.7. The molecule has 1 aliphatic heterocycles. The number of benzene rings is 1. The van der Waals surface area contributed by atoms with Crippen LogP contribution in [0.5, 0.6) is 0 Å². The highest BCUT2D eigenvalue weighted by molar-refractivity contribution is 6.09. The van der Waals surface area contributed by atoms with E-state index in [4.69, 9.17) is 0 Å². The number of amides is 1. The van der Waals surface area contributed by atoms with Crippen LogP contribution in [0.3, 0.4) is 0 Å². The Hall–Kier alpha value is -2.14. The molecular formula is C20H28N2O3. The first-order chi connectivity index (χ1) is 11.8. The van der Waals surface area contributed by atoms with Crippen LogP contribution in [0.1, 0.15) is 37.4 Å². The summed E-state index contributed by atoms with van der Waals surface area (Å²) in [6.45, 7) is 6.87. The predicted molar refractivity (Wildman–Crippen MR) is 98.3 cm³/mol. The van der Waals surface area contributed by atoms with Gasteiger partial charge in [0.05, 0.1) is 11.6 Å². The third kappa shape index (κ3) is 3.93. The minimum Gasteiger partial charge on any atom is -0.503 e. The maximum Gasteiger partial charge on any atom is 0.290 e. The van der Waals surface area contributed by atoms with Crippen molar-refractivity contribution in [3.8, 4) is 0 Å². The lowest BCUT2D eigenvalue weighted by Crippen LogP contribution is -2.34. The monoisotopic (exact) mass is 344 g/mol. The normalized spacial score (nSPS) is 18.0. The molecule has 0 spiro atoms. The topological polar surface area (TPSA) is 60.9 Å². The molecule has 0 aliphatic carbocycles. The average Bonchev–Trinajstić information content (AvgIpc) is 2.79. The summed E-state index contributed by atoms with van der Waals surface area (Å²) in [5, 5.41) is 10.4. The van der Waals surface area contributed by atoms with Gasteiger partial charge in [0.15, 0.2) is 11.5 Å². The molecule has 0 radical (unpaired) electrons. The molecule has 0 aromatic heterocycles. The van der Waals surface area contributed by atoms with E-state index in [9.17, 15) is 14.7 Å². The molecule has 5 nitrogen and oxygen atoms in total. The fourth-order valence-electron chi connectivity index (χ4n) is 3.22. The summed E-state index contributed by atoms with van der Waals surface area (Å²) >= 11 is 0. The average molecular weight is 344 g/mol. The number of aliphatic hydroxyl groups excluding tert-OH is 1. The summed E-state index contributed by atoms with van der Waals surface area (Å²) in [6, 6.07) is 7.21. The van der Waals surface area contributed by atoms with Gasteiger partial charge in [0.2, 0.25) is 0 Å². The summed E-state index contributed by atoms with van der Waals surface area (Å²) in [5.74, 6) is -1.29. The van der Waals surface area contributed by atoms with Gasteiger partial charge in [-0.15, -0.1) is 0 Å². The molecule has 1 aromatic rings. The Morgan fingerprint density at radius 3 is 2.48 bits per heavy atom. The van der Waals surface area contributed by atoms with Crippen LogP contribution in [0, 0.1) is 12.8 Å². The second-order valence-electron chi connectivity index (χ2n) is 7.20. The van der Waals surface area contributed by atoms with E-state index in [1.807, 2.05) is 45.3 Å². The summed E-state index contributed by atoms with van der Waals surface area (Å²) in [4.78, 5) is 29.1. The number of Topliss-reactive ketones (excluding diaryl/α,β-unsaturated/α-hetero) is 1. The van der Waals surface area contributed by atoms with Crippen LogP contribution in [0.4, 0.5) is 0 Å². The van der Waals surface area contributed by atoms with E-state index < -0.39 is 17.7 Å². The molecule has 2 rings (SSSR count).